The Hall–Kier alpha value is -3.93. The van der Waals surface area contributed by atoms with Crippen LogP contribution < -0.4 is 16.2 Å². The van der Waals surface area contributed by atoms with Gasteiger partial charge in [-0.3, -0.25) is 14.5 Å². The number of fused-ring (bicyclic) bond motifs is 1. The van der Waals surface area contributed by atoms with Crippen LogP contribution in [0.2, 0.25) is 0 Å². The molecule has 4 N–H and O–H groups in total. The monoisotopic (exact) mass is 574 g/mol. The van der Waals surface area contributed by atoms with Gasteiger partial charge in [0.1, 0.15) is 17.3 Å². The maximum atomic E-state index is 14.7. The van der Waals surface area contributed by atoms with Gasteiger partial charge in [0.2, 0.25) is 0 Å². The zero-order valence-corrected chi connectivity index (χ0v) is 23.8. The van der Waals surface area contributed by atoms with E-state index in [4.69, 9.17) is 0 Å². The Morgan fingerprint density at radius 1 is 1.20 bits per heavy atom. The van der Waals surface area contributed by atoms with Crippen molar-refractivity contribution in [1.29, 1.82) is 0 Å². The van der Waals surface area contributed by atoms with Crippen molar-refractivity contribution in [3.63, 3.8) is 0 Å². The summed E-state index contributed by atoms with van der Waals surface area (Å²) in [7, 11) is 2.10. The number of H-pyrrole nitrogens is 1. The van der Waals surface area contributed by atoms with Crippen LogP contribution in [0.15, 0.2) is 53.5 Å². The molecule has 1 aliphatic carbocycles. The van der Waals surface area contributed by atoms with Crippen LogP contribution in [-0.4, -0.2) is 44.7 Å². The first kappa shape index (κ1) is 27.3. The Bertz CT molecular complexity index is 1680. The van der Waals surface area contributed by atoms with Gasteiger partial charge in [-0.05, 0) is 85.8 Å². The molecule has 1 fully saturated rings. The summed E-state index contributed by atoms with van der Waals surface area (Å²) in [5.74, 6) is -0.548. The SMILES string of the molecule is CN1CCC[C@@H]1c1ccc(Nc2cc(-c3ccc(F)c(NC(=O)c4cc5c(s4)CC(C)(C)C5O)c3)n[nH]c2=O)nc1. The van der Waals surface area contributed by atoms with E-state index in [1.165, 1.54) is 29.5 Å². The fourth-order valence-corrected chi connectivity index (χ4v) is 6.94. The van der Waals surface area contributed by atoms with Gasteiger partial charge in [-0.2, -0.15) is 5.10 Å². The average Bonchev–Trinajstić information content (AvgIpc) is 3.62. The third-order valence-electron chi connectivity index (χ3n) is 7.98. The van der Waals surface area contributed by atoms with Crippen molar-refractivity contribution in [2.45, 2.75) is 45.3 Å². The molecule has 1 amide bonds. The standard InChI is InChI=1S/C30H31FN6O3S/c1-30(2)14-25-18(27(30)38)12-24(41-25)29(40)34-21-11-16(6-8-19(21)31)20-13-22(28(39)36-35-20)33-26-9-7-17(15-32-26)23-5-4-10-37(23)3/h6-9,11-13,15,23,27,38H,4-5,10,14H2,1-3H3,(H,34,40)(H,36,39)(H,32,33,35)/t23-,27?/m1/s1. The van der Waals surface area contributed by atoms with Gasteiger partial charge < -0.3 is 15.7 Å². The summed E-state index contributed by atoms with van der Waals surface area (Å²) in [6.45, 7) is 5.03. The minimum atomic E-state index is -0.647. The lowest BCUT2D eigenvalue weighted by Gasteiger charge is -2.22. The number of hydrogen-bond acceptors (Lipinski definition) is 8. The van der Waals surface area contributed by atoms with E-state index in [-0.39, 0.29) is 16.8 Å². The fourth-order valence-electron chi connectivity index (χ4n) is 5.61. The number of halogens is 1. The number of benzene rings is 1. The Kier molecular flexibility index (Phi) is 6.96. The molecule has 1 unspecified atom stereocenters. The van der Waals surface area contributed by atoms with Crippen LogP contribution in [0, 0.1) is 11.2 Å². The summed E-state index contributed by atoms with van der Waals surface area (Å²) >= 11 is 1.31. The van der Waals surface area contributed by atoms with Crippen molar-refractivity contribution in [2.24, 2.45) is 5.41 Å². The van der Waals surface area contributed by atoms with Gasteiger partial charge in [0.15, 0.2) is 0 Å². The molecular formula is C30H31FN6O3S. The molecule has 11 heteroatoms. The fraction of sp³-hybridized carbons (Fsp3) is 0.333. The minimum Gasteiger partial charge on any atom is -0.388 e. The average molecular weight is 575 g/mol. The molecule has 212 valence electrons. The van der Waals surface area contributed by atoms with Crippen molar-refractivity contribution >= 4 is 34.4 Å². The number of pyridine rings is 1. The molecule has 2 atom stereocenters. The van der Waals surface area contributed by atoms with Crippen LogP contribution in [0.5, 0.6) is 0 Å². The maximum absolute atomic E-state index is 14.7. The number of rotatable bonds is 6. The van der Waals surface area contributed by atoms with Crippen molar-refractivity contribution in [3.05, 3.63) is 85.7 Å². The third kappa shape index (κ3) is 5.28. The van der Waals surface area contributed by atoms with E-state index in [1.807, 2.05) is 32.2 Å². The van der Waals surface area contributed by atoms with Crippen molar-refractivity contribution < 1.29 is 14.3 Å². The second kappa shape index (κ2) is 10.5. The Morgan fingerprint density at radius 2 is 2.02 bits per heavy atom. The molecule has 0 bridgehead atoms. The smallest absolute Gasteiger partial charge is 0.287 e. The molecule has 1 aliphatic heterocycles. The summed E-state index contributed by atoms with van der Waals surface area (Å²) < 4.78 is 14.7. The van der Waals surface area contributed by atoms with E-state index >= 15 is 0 Å². The lowest BCUT2D eigenvalue weighted by Crippen LogP contribution is -2.18. The lowest BCUT2D eigenvalue weighted by molar-refractivity contribution is 0.0665. The second-order valence-corrected chi connectivity index (χ2v) is 12.6. The van der Waals surface area contributed by atoms with Crippen LogP contribution in [-0.2, 0) is 6.42 Å². The molecule has 1 aromatic carbocycles. The third-order valence-corrected chi connectivity index (χ3v) is 9.13. The van der Waals surface area contributed by atoms with Crippen molar-refractivity contribution in [1.82, 2.24) is 20.1 Å². The summed E-state index contributed by atoms with van der Waals surface area (Å²) in [5, 5.41) is 22.9. The molecule has 1 saturated heterocycles. The first-order valence-electron chi connectivity index (χ1n) is 13.5. The van der Waals surface area contributed by atoms with E-state index in [0.29, 0.717) is 34.4 Å². The van der Waals surface area contributed by atoms with Gasteiger partial charge in [0, 0.05) is 22.7 Å². The highest BCUT2D eigenvalue weighted by Gasteiger charge is 2.40. The minimum absolute atomic E-state index is 0.0152. The Balaban J connectivity index is 1.20. The number of thiophene rings is 1. The lowest BCUT2D eigenvalue weighted by atomic mass is 9.88. The summed E-state index contributed by atoms with van der Waals surface area (Å²) in [5.41, 5.74) is 2.28. The number of aliphatic hydroxyl groups is 1. The predicted molar refractivity (Wildman–Crippen MR) is 157 cm³/mol. The largest absolute Gasteiger partial charge is 0.388 e. The van der Waals surface area contributed by atoms with Gasteiger partial charge >= 0.3 is 0 Å². The molecule has 2 aliphatic rings. The molecule has 0 saturated carbocycles. The van der Waals surface area contributed by atoms with E-state index in [2.05, 4.69) is 37.8 Å². The number of nitrogens with zero attached hydrogens (tertiary/aromatic N) is 3. The van der Waals surface area contributed by atoms with Crippen LogP contribution >= 0.6 is 11.3 Å². The first-order chi connectivity index (χ1) is 19.6. The second-order valence-electron chi connectivity index (χ2n) is 11.4. The number of hydrogen-bond donors (Lipinski definition) is 4. The van der Waals surface area contributed by atoms with Gasteiger partial charge in [-0.15, -0.1) is 11.3 Å². The Morgan fingerprint density at radius 3 is 2.73 bits per heavy atom. The molecule has 4 aromatic rings. The highest BCUT2D eigenvalue weighted by molar-refractivity contribution is 7.14. The van der Waals surface area contributed by atoms with Gasteiger partial charge in [-0.25, -0.2) is 14.5 Å². The van der Waals surface area contributed by atoms with E-state index in [0.717, 1.165) is 35.4 Å². The Labute approximate surface area is 240 Å². The van der Waals surface area contributed by atoms with Crippen molar-refractivity contribution in [2.75, 3.05) is 24.2 Å². The van der Waals surface area contributed by atoms with Crippen molar-refractivity contribution in [3.8, 4) is 11.3 Å². The van der Waals surface area contributed by atoms with Crippen LogP contribution in [0.4, 0.5) is 21.6 Å². The zero-order valence-electron chi connectivity index (χ0n) is 23.0. The number of aliphatic hydroxyl groups excluding tert-OH is 1. The normalized spacial score (nSPS) is 19.7. The van der Waals surface area contributed by atoms with Gasteiger partial charge in [0.25, 0.3) is 11.5 Å². The molecule has 3 aromatic heterocycles. The number of nitrogens with one attached hydrogen (secondary N) is 3. The number of amides is 1. The molecule has 4 heterocycles. The predicted octanol–water partition coefficient (Wildman–Crippen LogP) is 5.41. The van der Waals surface area contributed by atoms with E-state index in [9.17, 15) is 19.1 Å². The topological polar surface area (TPSA) is 123 Å². The van der Waals surface area contributed by atoms with Crippen LogP contribution in [0.1, 0.15) is 64.5 Å². The van der Waals surface area contributed by atoms with E-state index in [1.54, 1.807) is 12.1 Å². The zero-order chi connectivity index (χ0) is 28.9. The van der Waals surface area contributed by atoms with Gasteiger partial charge in [-0.1, -0.05) is 19.9 Å². The number of likely N-dealkylation sites (tertiary alicyclic amines) is 1. The number of anilines is 3. The van der Waals surface area contributed by atoms with Gasteiger partial charge in [0.05, 0.1) is 22.4 Å². The number of carbonyl (C=O) groups is 1. The summed E-state index contributed by atoms with van der Waals surface area (Å²) in [6, 6.07) is 11.7. The van der Waals surface area contributed by atoms with E-state index < -0.39 is 23.4 Å². The quantitative estimate of drug-likeness (QED) is 0.243. The van der Waals surface area contributed by atoms with Crippen LogP contribution in [0.25, 0.3) is 11.3 Å². The summed E-state index contributed by atoms with van der Waals surface area (Å²) in [4.78, 5) is 33.7. The highest BCUT2D eigenvalue weighted by atomic mass is 32.1. The molecular weight excluding hydrogens is 543 g/mol. The van der Waals surface area contributed by atoms with Crippen LogP contribution in [0.3, 0.4) is 0 Å². The number of carbonyl (C=O) groups excluding carboxylic acids is 1. The molecule has 9 nitrogen and oxygen atoms in total. The number of aromatic amines is 1. The highest BCUT2D eigenvalue weighted by Crippen LogP contribution is 2.48. The molecule has 41 heavy (non-hydrogen) atoms. The molecule has 6 rings (SSSR count). The molecule has 0 spiro atoms. The molecule has 0 radical (unpaired) electrons. The maximum Gasteiger partial charge on any atom is 0.287 e. The number of aromatic nitrogens is 3. The first-order valence-corrected chi connectivity index (χ1v) is 14.4. The summed E-state index contributed by atoms with van der Waals surface area (Å²) in [6.07, 6.45) is 4.10.